The van der Waals surface area contributed by atoms with E-state index in [2.05, 4.69) is 9.71 Å². The lowest BCUT2D eigenvalue weighted by atomic mass is 10.2. The normalized spacial score (nSPS) is 11.3. The van der Waals surface area contributed by atoms with Crippen molar-refractivity contribution in [2.75, 3.05) is 10.5 Å². The third-order valence-corrected chi connectivity index (χ3v) is 3.85. The fraction of sp³-hybridized carbons (Fsp3) is 0.0833. The van der Waals surface area contributed by atoms with Crippen molar-refractivity contribution < 1.29 is 12.8 Å². The van der Waals surface area contributed by atoms with Gasteiger partial charge in [0.25, 0.3) is 10.0 Å². The first-order chi connectivity index (χ1) is 8.90. The van der Waals surface area contributed by atoms with Crippen molar-refractivity contribution in [1.29, 1.82) is 0 Å². The topological polar surface area (TPSA) is 85.1 Å². The number of nitrogens with two attached hydrogens (primary N) is 1. The van der Waals surface area contributed by atoms with Gasteiger partial charge in [0.15, 0.2) is 0 Å². The smallest absolute Gasteiger partial charge is 0.264 e. The van der Waals surface area contributed by atoms with Crippen LogP contribution >= 0.6 is 0 Å². The van der Waals surface area contributed by atoms with Gasteiger partial charge in [-0.1, -0.05) is 0 Å². The first-order valence-electron chi connectivity index (χ1n) is 5.38. The highest BCUT2D eigenvalue weighted by Gasteiger charge is 2.21. The van der Waals surface area contributed by atoms with Crippen molar-refractivity contribution >= 4 is 21.4 Å². The van der Waals surface area contributed by atoms with Gasteiger partial charge in [-0.2, -0.15) is 0 Å². The molecule has 1 aromatic heterocycles. The summed E-state index contributed by atoms with van der Waals surface area (Å²) in [6.07, 6.45) is 2.86. The van der Waals surface area contributed by atoms with Gasteiger partial charge >= 0.3 is 0 Å². The maximum absolute atomic E-state index is 13.9. The van der Waals surface area contributed by atoms with E-state index < -0.39 is 20.7 Å². The molecule has 0 fully saturated rings. The molecule has 0 bridgehead atoms. The van der Waals surface area contributed by atoms with Crippen LogP contribution in [0.1, 0.15) is 5.56 Å². The van der Waals surface area contributed by atoms with Crippen LogP contribution in [-0.2, 0) is 10.0 Å². The van der Waals surface area contributed by atoms with E-state index in [4.69, 9.17) is 5.73 Å². The van der Waals surface area contributed by atoms with E-state index in [0.717, 1.165) is 6.07 Å². The quantitative estimate of drug-likeness (QED) is 0.842. The van der Waals surface area contributed by atoms with Crippen molar-refractivity contribution in [2.24, 2.45) is 0 Å². The number of aryl methyl sites for hydroxylation is 1. The highest BCUT2D eigenvalue weighted by atomic mass is 32.2. The predicted molar refractivity (Wildman–Crippen MR) is 70.6 cm³/mol. The maximum Gasteiger partial charge on any atom is 0.264 e. The van der Waals surface area contributed by atoms with Crippen LogP contribution in [0.15, 0.2) is 41.6 Å². The Labute approximate surface area is 110 Å². The molecule has 2 rings (SSSR count). The molecule has 100 valence electrons. The number of nitrogens with zero attached hydrogens (tertiary/aromatic N) is 1. The van der Waals surface area contributed by atoms with Crippen molar-refractivity contribution in [2.45, 2.75) is 11.8 Å². The summed E-state index contributed by atoms with van der Waals surface area (Å²) in [5.74, 6) is -0.809. The molecule has 0 radical (unpaired) electrons. The highest BCUT2D eigenvalue weighted by molar-refractivity contribution is 7.92. The van der Waals surface area contributed by atoms with E-state index in [9.17, 15) is 12.8 Å². The molecule has 19 heavy (non-hydrogen) atoms. The van der Waals surface area contributed by atoms with E-state index in [1.165, 1.54) is 37.5 Å². The van der Waals surface area contributed by atoms with E-state index in [1.807, 2.05) is 0 Å². The zero-order valence-electron chi connectivity index (χ0n) is 10.1. The Morgan fingerprint density at radius 1 is 1.26 bits per heavy atom. The Hall–Kier alpha value is -2.15. The number of aromatic nitrogens is 1. The lowest BCUT2D eigenvalue weighted by molar-refractivity contribution is 0.565. The monoisotopic (exact) mass is 281 g/mol. The number of halogens is 1. The summed E-state index contributed by atoms with van der Waals surface area (Å²) in [4.78, 5) is 3.29. The number of hydrogen-bond acceptors (Lipinski definition) is 4. The van der Waals surface area contributed by atoms with Gasteiger partial charge in [-0.3, -0.25) is 9.71 Å². The Morgan fingerprint density at radius 2 is 1.89 bits per heavy atom. The summed E-state index contributed by atoms with van der Waals surface area (Å²) in [6.45, 7) is 1.46. The van der Waals surface area contributed by atoms with Crippen LogP contribution in [0.25, 0.3) is 0 Å². The first kappa shape index (κ1) is 13.3. The molecule has 0 atom stereocenters. The van der Waals surface area contributed by atoms with Crippen molar-refractivity contribution in [1.82, 2.24) is 4.98 Å². The molecule has 7 heteroatoms. The van der Waals surface area contributed by atoms with Gasteiger partial charge in [-0.05, 0) is 36.8 Å². The average Bonchev–Trinajstić information content (AvgIpc) is 2.34. The minimum atomic E-state index is -4.02. The highest BCUT2D eigenvalue weighted by Crippen LogP contribution is 2.23. The van der Waals surface area contributed by atoms with Crippen LogP contribution in [-0.4, -0.2) is 13.4 Å². The van der Waals surface area contributed by atoms with Crippen LogP contribution in [0, 0.1) is 12.7 Å². The molecule has 0 spiro atoms. The molecule has 5 nitrogen and oxygen atoms in total. The second kappa shape index (κ2) is 4.85. The molecule has 1 aromatic carbocycles. The average molecular weight is 281 g/mol. The summed E-state index contributed by atoms with van der Waals surface area (Å²) in [5, 5.41) is 0. The molecule has 0 aliphatic rings. The molecule has 0 aliphatic heterocycles. The Kier molecular flexibility index (Phi) is 3.39. The number of nitrogens with one attached hydrogen (secondary N) is 1. The molecule has 3 N–H and O–H groups in total. The minimum Gasteiger partial charge on any atom is -0.399 e. The molecule has 0 saturated carbocycles. The van der Waals surface area contributed by atoms with E-state index in [1.54, 1.807) is 0 Å². The van der Waals surface area contributed by atoms with Gasteiger partial charge in [0, 0.05) is 18.1 Å². The first-order valence-corrected chi connectivity index (χ1v) is 6.87. The molecule has 0 amide bonds. The van der Waals surface area contributed by atoms with Gasteiger partial charge in [-0.15, -0.1) is 0 Å². The summed E-state index contributed by atoms with van der Waals surface area (Å²) in [5.41, 5.74) is 6.21. The zero-order valence-corrected chi connectivity index (χ0v) is 10.9. The second-order valence-corrected chi connectivity index (χ2v) is 5.64. The van der Waals surface area contributed by atoms with Gasteiger partial charge in [-0.25, -0.2) is 12.8 Å². The van der Waals surface area contributed by atoms with E-state index in [-0.39, 0.29) is 11.3 Å². The number of anilines is 2. The lowest BCUT2D eigenvalue weighted by Gasteiger charge is -2.10. The number of pyridine rings is 1. The molecular weight excluding hydrogens is 269 g/mol. The maximum atomic E-state index is 13.9. The van der Waals surface area contributed by atoms with Crippen molar-refractivity contribution in [3.05, 3.63) is 48.0 Å². The summed E-state index contributed by atoms with van der Waals surface area (Å²) >= 11 is 0. The number of rotatable bonds is 3. The third-order valence-electron chi connectivity index (χ3n) is 2.47. The number of nitrogen functional groups attached to an aromatic ring is 1. The number of sulfonamides is 1. The Morgan fingerprint density at radius 3 is 2.53 bits per heavy atom. The molecule has 0 aliphatic carbocycles. The van der Waals surface area contributed by atoms with Gasteiger partial charge < -0.3 is 5.73 Å². The van der Waals surface area contributed by atoms with Crippen LogP contribution < -0.4 is 10.5 Å². The summed E-state index contributed by atoms with van der Waals surface area (Å²) in [6, 6.07) is 5.40. The fourth-order valence-corrected chi connectivity index (χ4v) is 2.83. The minimum absolute atomic E-state index is 0.176. The molecule has 0 saturated heterocycles. The van der Waals surface area contributed by atoms with Crippen molar-refractivity contribution in [3.8, 4) is 0 Å². The third kappa shape index (κ3) is 2.82. The van der Waals surface area contributed by atoms with Crippen LogP contribution in [0.4, 0.5) is 15.8 Å². The Balaban J connectivity index is 2.46. The van der Waals surface area contributed by atoms with Gasteiger partial charge in [0.2, 0.25) is 0 Å². The standard InChI is InChI=1S/C12H12FN3O2S/c1-8-6-9(14)7-11(12(8)13)19(17,18)16-10-2-4-15-5-3-10/h2-7H,14H2,1H3,(H,15,16). The van der Waals surface area contributed by atoms with Gasteiger partial charge in [0.1, 0.15) is 10.7 Å². The van der Waals surface area contributed by atoms with Crippen LogP contribution in [0.2, 0.25) is 0 Å². The fourth-order valence-electron chi connectivity index (χ4n) is 1.59. The van der Waals surface area contributed by atoms with Crippen LogP contribution in [0.5, 0.6) is 0 Å². The summed E-state index contributed by atoms with van der Waals surface area (Å²) in [7, 11) is -4.02. The van der Waals surface area contributed by atoms with Crippen molar-refractivity contribution in [3.63, 3.8) is 0 Å². The SMILES string of the molecule is Cc1cc(N)cc(S(=O)(=O)Nc2ccncc2)c1F. The summed E-state index contributed by atoms with van der Waals surface area (Å²) < 4.78 is 40.4. The molecular formula is C12H12FN3O2S. The zero-order chi connectivity index (χ0) is 14.0. The van der Waals surface area contributed by atoms with Crippen LogP contribution in [0.3, 0.4) is 0 Å². The van der Waals surface area contributed by atoms with Gasteiger partial charge in [0.05, 0.1) is 5.69 Å². The van der Waals surface area contributed by atoms with E-state index in [0.29, 0.717) is 5.69 Å². The molecule has 0 unspecified atom stereocenters. The Bertz CT molecular complexity index is 702. The largest absolute Gasteiger partial charge is 0.399 e. The molecule has 1 heterocycles. The van der Waals surface area contributed by atoms with E-state index >= 15 is 0 Å². The predicted octanol–water partition coefficient (Wildman–Crippen LogP) is 1.91. The second-order valence-electron chi connectivity index (χ2n) is 3.99. The number of hydrogen-bond donors (Lipinski definition) is 2. The lowest BCUT2D eigenvalue weighted by Crippen LogP contribution is -2.15. The molecule has 2 aromatic rings. The number of benzene rings is 1.